The molecule has 21 heavy (non-hydrogen) atoms. The number of aromatic nitrogens is 1. The molecule has 0 bridgehead atoms. The highest BCUT2D eigenvalue weighted by atomic mass is 32.1. The molecule has 0 aliphatic heterocycles. The molecule has 1 heterocycles. The minimum atomic E-state index is 0.0255. The molecule has 1 aromatic heterocycles. The maximum Gasteiger partial charge on any atom is 0.114 e. The number of hydrogen-bond acceptors (Lipinski definition) is 4. The number of nitrogens with one attached hydrogen (secondary N) is 1. The second-order valence-corrected chi connectivity index (χ2v) is 8.52. The van der Waals surface area contributed by atoms with Gasteiger partial charge in [-0.05, 0) is 44.4 Å². The van der Waals surface area contributed by atoms with Crippen LogP contribution in [0.3, 0.4) is 0 Å². The van der Waals surface area contributed by atoms with E-state index in [1.165, 1.54) is 28.4 Å². The van der Waals surface area contributed by atoms with Crippen molar-refractivity contribution in [2.24, 2.45) is 11.3 Å². The van der Waals surface area contributed by atoms with Crippen LogP contribution in [0.5, 0.6) is 0 Å². The van der Waals surface area contributed by atoms with Crippen molar-refractivity contribution in [1.29, 1.82) is 0 Å². The lowest BCUT2D eigenvalue weighted by Gasteiger charge is -2.48. The Hall–Kier alpha value is -0.450. The molecule has 120 valence electrons. The van der Waals surface area contributed by atoms with Crippen LogP contribution in [0.25, 0.3) is 0 Å². The Morgan fingerprint density at radius 3 is 2.57 bits per heavy atom. The lowest BCUT2D eigenvalue weighted by atomic mass is 9.64. The fourth-order valence-electron chi connectivity index (χ4n) is 3.58. The Morgan fingerprint density at radius 2 is 2.05 bits per heavy atom. The number of aryl methyl sites for hydroxylation is 2. The van der Waals surface area contributed by atoms with E-state index in [1.807, 2.05) is 11.3 Å². The largest absolute Gasteiger partial charge is 0.383 e. The zero-order valence-corrected chi connectivity index (χ0v) is 15.2. The highest BCUT2D eigenvalue weighted by Crippen LogP contribution is 2.49. The topological polar surface area (TPSA) is 34.1 Å². The van der Waals surface area contributed by atoms with Crippen LogP contribution in [0.1, 0.15) is 55.6 Å². The summed E-state index contributed by atoms with van der Waals surface area (Å²) in [5.74, 6) is 0.586. The van der Waals surface area contributed by atoms with E-state index in [4.69, 9.17) is 9.72 Å². The first-order valence-corrected chi connectivity index (χ1v) is 8.81. The normalized spacial score (nSPS) is 28.8. The predicted octanol–water partition coefficient (Wildman–Crippen LogP) is 4.04. The van der Waals surface area contributed by atoms with Crippen LogP contribution in [0.2, 0.25) is 0 Å². The molecule has 0 aromatic carbocycles. The number of rotatable bonds is 5. The van der Waals surface area contributed by atoms with Gasteiger partial charge in [0.15, 0.2) is 0 Å². The Bertz CT molecular complexity index is 464. The maximum absolute atomic E-state index is 5.24. The highest BCUT2D eigenvalue weighted by molar-refractivity contribution is 7.11. The smallest absolute Gasteiger partial charge is 0.114 e. The van der Waals surface area contributed by atoms with Crippen LogP contribution in [-0.2, 0) is 10.3 Å². The van der Waals surface area contributed by atoms with E-state index in [2.05, 4.69) is 39.9 Å². The maximum atomic E-state index is 5.24. The van der Waals surface area contributed by atoms with Gasteiger partial charge in [-0.3, -0.25) is 0 Å². The van der Waals surface area contributed by atoms with Gasteiger partial charge in [0.2, 0.25) is 0 Å². The summed E-state index contributed by atoms with van der Waals surface area (Å²) < 4.78 is 5.24. The van der Waals surface area contributed by atoms with E-state index in [0.717, 1.165) is 19.6 Å². The van der Waals surface area contributed by atoms with Crippen molar-refractivity contribution in [1.82, 2.24) is 10.3 Å². The molecule has 1 aromatic rings. The van der Waals surface area contributed by atoms with Crippen LogP contribution in [0, 0.1) is 25.2 Å². The SMILES string of the molecule is COCCNC1(c2nc(C)c(C)s2)CCC(C)(C)CC1C. The first-order chi connectivity index (χ1) is 9.81. The van der Waals surface area contributed by atoms with Gasteiger partial charge < -0.3 is 10.1 Å². The van der Waals surface area contributed by atoms with Gasteiger partial charge in [0.25, 0.3) is 0 Å². The molecular weight excluding hydrogens is 280 g/mol. The number of hydrogen-bond donors (Lipinski definition) is 1. The Kier molecular flexibility index (Phi) is 5.11. The van der Waals surface area contributed by atoms with Gasteiger partial charge in [-0.2, -0.15) is 0 Å². The number of thiazole rings is 1. The van der Waals surface area contributed by atoms with Crippen LogP contribution >= 0.6 is 11.3 Å². The quantitative estimate of drug-likeness (QED) is 0.834. The fraction of sp³-hybridized carbons (Fsp3) is 0.824. The molecule has 2 rings (SSSR count). The molecule has 0 spiro atoms. The van der Waals surface area contributed by atoms with Crippen LogP contribution in [-0.4, -0.2) is 25.2 Å². The summed E-state index contributed by atoms with van der Waals surface area (Å²) in [6.07, 6.45) is 3.65. The monoisotopic (exact) mass is 310 g/mol. The van der Waals surface area contributed by atoms with Crippen molar-refractivity contribution < 1.29 is 4.74 Å². The first-order valence-electron chi connectivity index (χ1n) is 7.99. The minimum absolute atomic E-state index is 0.0255. The first kappa shape index (κ1) is 16.9. The summed E-state index contributed by atoms with van der Waals surface area (Å²) in [5.41, 5.74) is 1.64. The number of nitrogens with zero attached hydrogens (tertiary/aromatic N) is 1. The van der Waals surface area contributed by atoms with E-state index in [0.29, 0.717) is 11.3 Å². The Labute approximate surface area is 133 Å². The molecule has 1 aliphatic carbocycles. The molecule has 2 unspecified atom stereocenters. The standard InChI is InChI=1S/C17H30N2OS/c1-12-11-16(4,5)7-8-17(12,18-9-10-20-6)15-19-13(2)14(3)21-15/h12,18H,7-11H2,1-6H3. The van der Waals surface area contributed by atoms with Crippen molar-refractivity contribution in [2.45, 2.75) is 59.4 Å². The van der Waals surface area contributed by atoms with Crippen molar-refractivity contribution in [2.75, 3.05) is 20.3 Å². The van der Waals surface area contributed by atoms with Gasteiger partial charge in [0.1, 0.15) is 5.01 Å². The highest BCUT2D eigenvalue weighted by Gasteiger charge is 2.46. The van der Waals surface area contributed by atoms with E-state index in [-0.39, 0.29) is 5.54 Å². The van der Waals surface area contributed by atoms with Gasteiger partial charge in [0, 0.05) is 18.5 Å². The zero-order valence-electron chi connectivity index (χ0n) is 14.4. The number of methoxy groups -OCH3 is 1. The van der Waals surface area contributed by atoms with Crippen molar-refractivity contribution >= 4 is 11.3 Å². The van der Waals surface area contributed by atoms with Gasteiger partial charge >= 0.3 is 0 Å². The van der Waals surface area contributed by atoms with Gasteiger partial charge in [-0.25, -0.2) is 4.98 Å². The fourth-order valence-corrected chi connectivity index (χ4v) is 4.81. The molecule has 3 nitrogen and oxygen atoms in total. The third kappa shape index (κ3) is 3.49. The predicted molar refractivity (Wildman–Crippen MR) is 89.9 cm³/mol. The van der Waals surface area contributed by atoms with Crippen molar-refractivity contribution in [3.8, 4) is 0 Å². The molecule has 0 saturated heterocycles. The molecule has 2 atom stereocenters. The van der Waals surface area contributed by atoms with E-state index in [9.17, 15) is 0 Å². The molecule has 1 fully saturated rings. The minimum Gasteiger partial charge on any atom is -0.383 e. The summed E-state index contributed by atoms with van der Waals surface area (Å²) in [4.78, 5) is 6.24. The second kappa shape index (κ2) is 6.35. The molecular formula is C17H30N2OS. The third-order valence-electron chi connectivity index (χ3n) is 5.05. The number of ether oxygens (including phenoxy) is 1. The van der Waals surface area contributed by atoms with Crippen molar-refractivity contribution in [3.63, 3.8) is 0 Å². The molecule has 0 amide bonds. The summed E-state index contributed by atoms with van der Waals surface area (Å²) in [6.45, 7) is 13.1. The van der Waals surface area contributed by atoms with Gasteiger partial charge in [-0.1, -0.05) is 20.8 Å². The molecule has 1 N–H and O–H groups in total. The molecule has 1 saturated carbocycles. The Morgan fingerprint density at radius 1 is 1.33 bits per heavy atom. The van der Waals surface area contributed by atoms with Crippen LogP contribution in [0.15, 0.2) is 0 Å². The third-order valence-corrected chi connectivity index (χ3v) is 6.30. The van der Waals surface area contributed by atoms with Crippen LogP contribution in [0.4, 0.5) is 0 Å². The average molecular weight is 311 g/mol. The van der Waals surface area contributed by atoms with E-state index >= 15 is 0 Å². The van der Waals surface area contributed by atoms with Gasteiger partial charge in [-0.15, -0.1) is 11.3 Å². The average Bonchev–Trinajstić information content (AvgIpc) is 2.72. The molecule has 4 heteroatoms. The van der Waals surface area contributed by atoms with Crippen molar-refractivity contribution in [3.05, 3.63) is 15.6 Å². The lowest BCUT2D eigenvalue weighted by molar-refractivity contribution is 0.0641. The van der Waals surface area contributed by atoms with Crippen LogP contribution < -0.4 is 5.32 Å². The summed E-state index contributed by atoms with van der Waals surface area (Å²) in [7, 11) is 1.76. The van der Waals surface area contributed by atoms with E-state index < -0.39 is 0 Å². The summed E-state index contributed by atoms with van der Waals surface area (Å²) in [5, 5.41) is 5.08. The lowest BCUT2D eigenvalue weighted by Crippen LogP contribution is -2.52. The van der Waals surface area contributed by atoms with E-state index in [1.54, 1.807) is 7.11 Å². The molecule has 0 radical (unpaired) electrons. The zero-order chi connectivity index (χ0) is 15.7. The summed E-state index contributed by atoms with van der Waals surface area (Å²) in [6, 6.07) is 0. The van der Waals surface area contributed by atoms with Gasteiger partial charge in [0.05, 0.1) is 17.8 Å². The summed E-state index contributed by atoms with van der Waals surface area (Å²) >= 11 is 1.87. The Balaban J connectivity index is 2.30. The second-order valence-electron chi connectivity index (χ2n) is 7.32. The molecule has 1 aliphatic rings.